The van der Waals surface area contributed by atoms with Gasteiger partial charge in [0, 0.05) is 17.7 Å². The number of benzene rings is 1. The highest BCUT2D eigenvalue weighted by atomic mass is 32.2. The maximum atomic E-state index is 13.8. The summed E-state index contributed by atoms with van der Waals surface area (Å²) in [5.74, 6) is -0.851. The average Bonchev–Trinajstić information content (AvgIpc) is 2.35. The van der Waals surface area contributed by atoms with Crippen LogP contribution in [0.3, 0.4) is 0 Å². The van der Waals surface area contributed by atoms with Gasteiger partial charge in [0.25, 0.3) is 0 Å². The second-order valence-electron chi connectivity index (χ2n) is 5.23. The second-order valence-corrected chi connectivity index (χ2v) is 7.75. The third kappa shape index (κ3) is 3.67. The number of oxime groups is 1. The fourth-order valence-corrected chi connectivity index (χ4v) is 2.08. The van der Waals surface area contributed by atoms with Crippen molar-refractivity contribution in [1.29, 1.82) is 0 Å². The van der Waals surface area contributed by atoms with Crippen molar-refractivity contribution in [1.82, 2.24) is 4.72 Å². The van der Waals surface area contributed by atoms with Crippen LogP contribution in [-0.2, 0) is 16.6 Å². The van der Waals surface area contributed by atoms with Gasteiger partial charge in [-0.05, 0) is 26.8 Å². The lowest BCUT2D eigenvalue weighted by Gasteiger charge is -2.19. The van der Waals surface area contributed by atoms with E-state index < -0.39 is 20.6 Å². The smallest absolute Gasteiger partial charge is 0.216 e. The van der Waals surface area contributed by atoms with E-state index in [4.69, 9.17) is 10.9 Å². The van der Waals surface area contributed by atoms with Gasteiger partial charge in [0.05, 0.1) is 4.75 Å². The van der Waals surface area contributed by atoms with E-state index >= 15 is 0 Å². The number of rotatable bonds is 4. The van der Waals surface area contributed by atoms with Crippen molar-refractivity contribution in [2.75, 3.05) is 0 Å². The maximum absolute atomic E-state index is 13.8. The van der Waals surface area contributed by atoms with E-state index in [1.807, 2.05) is 0 Å². The lowest BCUT2D eigenvalue weighted by atomic mass is 10.1. The van der Waals surface area contributed by atoms with Crippen LogP contribution < -0.4 is 10.5 Å². The van der Waals surface area contributed by atoms with Crippen molar-refractivity contribution in [2.45, 2.75) is 32.1 Å². The van der Waals surface area contributed by atoms with E-state index in [1.165, 1.54) is 12.1 Å². The Morgan fingerprint density at radius 3 is 2.50 bits per heavy atom. The highest BCUT2D eigenvalue weighted by molar-refractivity contribution is 7.90. The highest BCUT2D eigenvalue weighted by Crippen LogP contribution is 2.15. The van der Waals surface area contributed by atoms with Crippen LogP contribution in [0.25, 0.3) is 0 Å². The number of amidine groups is 1. The molecular weight excluding hydrogens is 285 g/mol. The zero-order valence-electron chi connectivity index (χ0n) is 11.5. The van der Waals surface area contributed by atoms with Crippen LogP contribution in [0.15, 0.2) is 23.4 Å². The Bertz CT molecular complexity index is 621. The first kappa shape index (κ1) is 16.4. The van der Waals surface area contributed by atoms with Gasteiger partial charge in [-0.1, -0.05) is 17.3 Å². The largest absolute Gasteiger partial charge is 0.409 e. The monoisotopic (exact) mass is 303 g/mol. The third-order valence-corrected chi connectivity index (χ3v) is 4.85. The predicted molar refractivity (Wildman–Crippen MR) is 74.4 cm³/mol. The van der Waals surface area contributed by atoms with Crippen molar-refractivity contribution in [3.63, 3.8) is 0 Å². The number of hydrogen-bond acceptors (Lipinski definition) is 4. The zero-order chi connectivity index (χ0) is 15.6. The topological polar surface area (TPSA) is 105 Å². The normalized spacial score (nSPS) is 13.5. The summed E-state index contributed by atoms with van der Waals surface area (Å²) >= 11 is 0. The summed E-state index contributed by atoms with van der Waals surface area (Å²) in [6.07, 6.45) is 0. The molecule has 20 heavy (non-hydrogen) atoms. The Kier molecular flexibility index (Phi) is 4.72. The highest BCUT2D eigenvalue weighted by Gasteiger charge is 2.28. The van der Waals surface area contributed by atoms with E-state index in [0.29, 0.717) is 0 Å². The SMILES string of the molecule is CC(C)(C)S(=O)(=O)NCc1ccc(C(N)=NO)cc1F. The standard InChI is InChI=1S/C12H18FN3O3S/c1-12(2,3)20(18,19)15-7-9-5-4-8(6-10(9)13)11(14)16-17/h4-6,15,17H,7H2,1-3H3,(H2,14,16). The Morgan fingerprint density at radius 1 is 1.45 bits per heavy atom. The fraction of sp³-hybridized carbons (Fsp3) is 0.417. The molecule has 0 unspecified atom stereocenters. The van der Waals surface area contributed by atoms with Gasteiger partial charge in [-0.25, -0.2) is 17.5 Å². The Morgan fingerprint density at radius 2 is 2.05 bits per heavy atom. The molecule has 0 heterocycles. The molecule has 6 nitrogen and oxygen atoms in total. The lowest BCUT2D eigenvalue weighted by molar-refractivity contribution is 0.318. The van der Waals surface area contributed by atoms with Gasteiger partial charge in [0.15, 0.2) is 5.84 Å². The molecule has 1 aromatic carbocycles. The fourth-order valence-electron chi connectivity index (χ4n) is 1.30. The van der Waals surface area contributed by atoms with Gasteiger partial charge in [-0.15, -0.1) is 0 Å². The molecule has 0 radical (unpaired) electrons. The molecule has 0 aromatic heterocycles. The maximum Gasteiger partial charge on any atom is 0.216 e. The van der Waals surface area contributed by atoms with Crippen molar-refractivity contribution < 1.29 is 18.0 Å². The summed E-state index contributed by atoms with van der Waals surface area (Å²) in [6, 6.07) is 3.91. The Labute approximate surface area is 117 Å². The Balaban J connectivity index is 2.91. The van der Waals surface area contributed by atoms with Crippen LogP contribution in [0, 0.1) is 5.82 Å². The van der Waals surface area contributed by atoms with Gasteiger partial charge >= 0.3 is 0 Å². The molecule has 1 rings (SSSR count). The van der Waals surface area contributed by atoms with Crippen molar-refractivity contribution in [3.05, 3.63) is 35.1 Å². The second kappa shape index (κ2) is 5.76. The minimum Gasteiger partial charge on any atom is -0.409 e. The molecule has 4 N–H and O–H groups in total. The van der Waals surface area contributed by atoms with E-state index in [-0.39, 0.29) is 23.5 Å². The molecule has 0 aliphatic carbocycles. The van der Waals surface area contributed by atoms with Gasteiger partial charge < -0.3 is 10.9 Å². The molecule has 0 aliphatic heterocycles. The molecule has 0 fully saturated rings. The molecule has 112 valence electrons. The predicted octanol–water partition coefficient (Wildman–Crippen LogP) is 1.14. The molecule has 8 heteroatoms. The van der Waals surface area contributed by atoms with Crippen LogP contribution in [0.1, 0.15) is 31.9 Å². The number of nitrogens with one attached hydrogen (secondary N) is 1. The average molecular weight is 303 g/mol. The minimum absolute atomic E-state index is 0.165. The van der Waals surface area contributed by atoms with Crippen LogP contribution in [-0.4, -0.2) is 24.2 Å². The summed E-state index contributed by atoms with van der Waals surface area (Å²) in [4.78, 5) is 0. The summed E-state index contributed by atoms with van der Waals surface area (Å²) in [5, 5.41) is 11.3. The first-order valence-electron chi connectivity index (χ1n) is 5.84. The Hall–Kier alpha value is -1.67. The summed E-state index contributed by atoms with van der Waals surface area (Å²) in [6.45, 7) is 4.48. The molecule has 0 atom stereocenters. The van der Waals surface area contributed by atoms with E-state index in [1.54, 1.807) is 20.8 Å². The lowest BCUT2D eigenvalue weighted by Crippen LogP contribution is -2.39. The molecule has 0 amide bonds. The third-order valence-electron chi connectivity index (χ3n) is 2.72. The zero-order valence-corrected chi connectivity index (χ0v) is 12.3. The number of nitrogens with zero attached hydrogens (tertiary/aromatic N) is 1. The summed E-state index contributed by atoms with van der Waals surface area (Å²) in [7, 11) is -3.55. The van der Waals surface area contributed by atoms with E-state index in [9.17, 15) is 12.8 Å². The number of halogens is 1. The van der Waals surface area contributed by atoms with E-state index in [0.717, 1.165) is 6.07 Å². The minimum atomic E-state index is -3.55. The molecule has 0 saturated heterocycles. The first-order valence-corrected chi connectivity index (χ1v) is 7.32. The van der Waals surface area contributed by atoms with Gasteiger partial charge in [0.1, 0.15) is 5.82 Å². The summed E-state index contributed by atoms with van der Waals surface area (Å²) in [5.41, 5.74) is 5.72. The van der Waals surface area contributed by atoms with Crippen molar-refractivity contribution in [2.24, 2.45) is 10.9 Å². The molecule has 0 bridgehead atoms. The molecule has 1 aromatic rings. The number of sulfonamides is 1. The van der Waals surface area contributed by atoms with Crippen LogP contribution in [0.4, 0.5) is 4.39 Å². The summed E-state index contributed by atoms with van der Waals surface area (Å²) < 4.78 is 38.9. The van der Waals surface area contributed by atoms with Crippen LogP contribution >= 0.6 is 0 Å². The number of hydrogen-bond donors (Lipinski definition) is 3. The van der Waals surface area contributed by atoms with Crippen LogP contribution in [0.2, 0.25) is 0 Å². The van der Waals surface area contributed by atoms with Crippen LogP contribution in [0.5, 0.6) is 0 Å². The van der Waals surface area contributed by atoms with Crippen molar-refractivity contribution >= 4 is 15.9 Å². The van der Waals surface area contributed by atoms with Gasteiger partial charge in [-0.2, -0.15) is 0 Å². The molecular formula is C12H18FN3O3S. The molecule has 0 spiro atoms. The first-order chi connectivity index (χ1) is 9.08. The van der Waals surface area contributed by atoms with Gasteiger partial charge in [0.2, 0.25) is 10.0 Å². The molecule has 0 saturated carbocycles. The number of nitrogens with two attached hydrogens (primary N) is 1. The van der Waals surface area contributed by atoms with Crippen molar-refractivity contribution in [3.8, 4) is 0 Å². The molecule has 0 aliphatic rings. The quantitative estimate of drug-likeness (QED) is 0.336. The van der Waals surface area contributed by atoms with Gasteiger partial charge in [-0.3, -0.25) is 0 Å². The van der Waals surface area contributed by atoms with E-state index in [2.05, 4.69) is 9.88 Å².